The van der Waals surface area contributed by atoms with Crippen molar-refractivity contribution in [2.45, 2.75) is 43.4 Å². The van der Waals surface area contributed by atoms with E-state index >= 15 is 0 Å². The van der Waals surface area contributed by atoms with Crippen LogP contribution in [0.1, 0.15) is 38.5 Å². The highest BCUT2D eigenvalue weighted by atomic mass is 79.9. The van der Waals surface area contributed by atoms with Gasteiger partial charge in [0.15, 0.2) is 0 Å². The second-order valence-corrected chi connectivity index (χ2v) is 4.87. The first-order valence-electron chi connectivity index (χ1n) is 4.97. The summed E-state index contributed by atoms with van der Waals surface area (Å²) in [5.74, 6) is 1.01. The van der Waals surface area contributed by atoms with Crippen molar-refractivity contribution in [3.63, 3.8) is 0 Å². The van der Waals surface area contributed by atoms with Crippen molar-refractivity contribution in [2.24, 2.45) is 5.92 Å². The molecule has 0 aromatic carbocycles. The highest BCUT2D eigenvalue weighted by Crippen LogP contribution is 2.38. The summed E-state index contributed by atoms with van der Waals surface area (Å²) < 4.78 is 5.00. The minimum atomic E-state index is 0.806. The molecule has 12 heavy (non-hydrogen) atoms. The van der Waals surface area contributed by atoms with E-state index in [1.54, 1.807) is 7.11 Å². The molecule has 0 aliphatic heterocycles. The van der Waals surface area contributed by atoms with Gasteiger partial charge in [-0.3, -0.25) is 0 Å². The van der Waals surface area contributed by atoms with Crippen LogP contribution >= 0.6 is 15.9 Å². The van der Waals surface area contributed by atoms with Crippen molar-refractivity contribution in [1.82, 2.24) is 0 Å². The maximum absolute atomic E-state index is 5.00. The average molecular weight is 235 g/mol. The zero-order valence-electron chi connectivity index (χ0n) is 7.89. The van der Waals surface area contributed by atoms with Crippen LogP contribution in [0.3, 0.4) is 0 Å². The molecule has 0 aromatic heterocycles. The van der Waals surface area contributed by atoms with Gasteiger partial charge in [-0.25, -0.2) is 0 Å². The van der Waals surface area contributed by atoms with Gasteiger partial charge in [0.2, 0.25) is 0 Å². The van der Waals surface area contributed by atoms with Crippen LogP contribution in [0.15, 0.2) is 0 Å². The molecule has 1 unspecified atom stereocenters. The number of hydrogen-bond donors (Lipinski definition) is 0. The van der Waals surface area contributed by atoms with Gasteiger partial charge < -0.3 is 4.74 Å². The number of alkyl halides is 1. The molecule has 0 spiro atoms. The molecule has 1 aliphatic rings. The first kappa shape index (κ1) is 10.5. The zero-order valence-corrected chi connectivity index (χ0v) is 9.48. The third-order valence-electron chi connectivity index (χ3n) is 2.46. The molecular formula is C10H19BrO. The largest absolute Gasteiger partial charge is 0.385 e. The van der Waals surface area contributed by atoms with E-state index in [1.807, 2.05) is 0 Å². The molecule has 1 nitrogen and oxygen atoms in total. The number of hydrogen-bond acceptors (Lipinski definition) is 1. The van der Waals surface area contributed by atoms with Crippen LogP contribution < -0.4 is 0 Å². The lowest BCUT2D eigenvalue weighted by Gasteiger charge is -2.06. The van der Waals surface area contributed by atoms with Crippen LogP contribution in [-0.4, -0.2) is 18.5 Å². The lowest BCUT2D eigenvalue weighted by atomic mass is 10.1. The van der Waals surface area contributed by atoms with Gasteiger partial charge >= 0.3 is 0 Å². The van der Waals surface area contributed by atoms with E-state index in [9.17, 15) is 0 Å². The number of unbranched alkanes of at least 4 members (excludes halogenated alkanes) is 2. The summed E-state index contributed by atoms with van der Waals surface area (Å²) in [7, 11) is 1.78. The van der Waals surface area contributed by atoms with Gasteiger partial charge in [0.05, 0.1) is 0 Å². The Balaban J connectivity index is 1.81. The van der Waals surface area contributed by atoms with Gasteiger partial charge in [0, 0.05) is 18.5 Å². The first-order chi connectivity index (χ1) is 5.84. The Labute approximate surface area is 84.0 Å². The molecule has 1 rings (SSSR count). The molecule has 2 heteroatoms. The van der Waals surface area contributed by atoms with E-state index in [1.165, 1.54) is 38.5 Å². The summed E-state index contributed by atoms with van der Waals surface area (Å²) in [6.45, 7) is 0.927. The molecule has 0 radical (unpaired) electrons. The lowest BCUT2D eigenvalue weighted by molar-refractivity contribution is 0.192. The van der Waals surface area contributed by atoms with Gasteiger partial charge in [0.1, 0.15) is 0 Å². The maximum Gasteiger partial charge on any atom is 0.0462 e. The normalized spacial score (nSPS) is 19.5. The summed E-state index contributed by atoms with van der Waals surface area (Å²) in [4.78, 5) is 0.806. The number of halogens is 1. The van der Waals surface area contributed by atoms with Crippen LogP contribution in [0.2, 0.25) is 0 Å². The van der Waals surface area contributed by atoms with E-state index in [-0.39, 0.29) is 0 Å². The van der Waals surface area contributed by atoms with Gasteiger partial charge in [-0.05, 0) is 31.6 Å². The third-order valence-corrected chi connectivity index (χ3v) is 3.67. The second-order valence-electron chi connectivity index (χ2n) is 3.70. The molecule has 1 atom stereocenters. The Morgan fingerprint density at radius 2 is 2.08 bits per heavy atom. The predicted molar refractivity (Wildman–Crippen MR) is 55.8 cm³/mol. The van der Waals surface area contributed by atoms with Crippen LogP contribution in [-0.2, 0) is 4.74 Å². The second kappa shape index (κ2) is 5.98. The fourth-order valence-electron chi connectivity index (χ4n) is 1.46. The zero-order chi connectivity index (χ0) is 8.81. The Hall–Kier alpha value is 0.440. The van der Waals surface area contributed by atoms with E-state index in [0.717, 1.165) is 17.4 Å². The van der Waals surface area contributed by atoms with Crippen molar-refractivity contribution in [2.75, 3.05) is 13.7 Å². The number of rotatable bonds is 7. The summed E-state index contributed by atoms with van der Waals surface area (Å²) in [6.07, 6.45) is 8.16. The third kappa shape index (κ3) is 4.46. The summed E-state index contributed by atoms with van der Waals surface area (Å²) in [5, 5.41) is 0. The van der Waals surface area contributed by atoms with E-state index < -0.39 is 0 Å². The summed E-state index contributed by atoms with van der Waals surface area (Å²) in [6, 6.07) is 0. The lowest BCUT2D eigenvalue weighted by Crippen LogP contribution is -2.00. The van der Waals surface area contributed by atoms with Crippen molar-refractivity contribution >= 4 is 15.9 Å². The van der Waals surface area contributed by atoms with Gasteiger partial charge in [-0.1, -0.05) is 28.8 Å². The minimum Gasteiger partial charge on any atom is -0.385 e. The summed E-state index contributed by atoms with van der Waals surface area (Å²) >= 11 is 3.74. The smallest absolute Gasteiger partial charge is 0.0462 e. The van der Waals surface area contributed by atoms with Crippen molar-refractivity contribution in [3.8, 4) is 0 Å². The minimum absolute atomic E-state index is 0.806. The van der Waals surface area contributed by atoms with Crippen molar-refractivity contribution in [3.05, 3.63) is 0 Å². The van der Waals surface area contributed by atoms with Crippen molar-refractivity contribution in [1.29, 1.82) is 0 Å². The Kier molecular flexibility index (Phi) is 5.24. The molecule has 0 heterocycles. The van der Waals surface area contributed by atoms with E-state index in [4.69, 9.17) is 4.74 Å². The summed E-state index contributed by atoms with van der Waals surface area (Å²) in [5.41, 5.74) is 0. The molecule has 0 saturated heterocycles. The van der Waals surface area contributed by atoms with E-state index in [0.29, 0.717) is 0 Å². The molecule has 72 valence electrons. The highest BCUT2D eigenvalue weighted by Gasteiger charge is 2.28. The topological polar surface area (TPSA) is 9.23 Å². The fraction of sp³-hybridized carbons (Fsp3) is 1.00. The number of ether oxygens (including phenoxy) is 1. The van der Waals surface area contributed by atoms with Gasteiger partial charge in [-0.15, -0.1) is 0 Å². The molecule has 1 saturated carbocycles. The predicted octanol–water partition coefficient (Wildman–Crippen LogP) is 3.37. The van der Waals surface area contributed by atoms with Crippen molar-refractivity contribution < 1.29 is 4.74 Å². The Morgan fingerprint density at radius 3 is 2.67 bits per heavy atom. The SMILES string of the molecule is COCCCCCC(Br)C1CC1. The van der Waals surface area contributed by atoms with Gasteiger partial charge in [-0.2, -0.15) is 0 Å². The Bertz CT molecular complexity index is 112. The Morgan fingerprint density at radius 1 is 1.33 bits per heavy atom. The fourth-order valence-corrected chi connectivity index (χ4v) is 2.31. The van der Waals surface area contributed by atoms with E-state index in [2.05, 4.69) is 15.9 Å². The number of methoxy groups -OCH3 is 1. The highest BCUT2D eigenvalue weighted by molar-refractivity contribution is 9.09. The van der Waals surface area contributed by atoms with Crippen LogP contribution in [0.4, 0.5) is 0 Å². The first-order valence-corrected chi connectivity index (χ1v) is 5.89. The van der Waals surface area contributed by atoms with Crippen LogP contribution in [0.5, 0.6) is 0 Å². The monoisotopic (exact) mass is 234 g/mol. The quantitative estimate of drug-likeness (QED) is 0.485. The molecule has 1 fully saturated rings. The molecule has 0 N–H and O–H groups in total. The van der Waals surface area contributed by atoms with Crippen LogP contribution in [0.25, 0.3) is 0 Å². The molecule has 1 aliphatic carbocycles. The maximum atomic E-state index is 5.00. The van der Waals surface area contributed by atoms with Crippen LogP contribution in [0, 0.1) is 5.92 Å². The molecular weight excluding hydrogens is 216 g/mol. The molecule has 0 amide bonds. The van der Waals surface area contributed by atoms with Gasteiger partial charge in [0.25, 0.3) is 0 Å². The molecule has 0 aromatic rings. The average Bonchev–Trinajstić information content (AvgIpc) is 2.86. The molecule has 0 bridgehead atoms. The standard InChI is InChI=1S/C10H19BrO/c1-12-8-4-2-3-5-10(11)9-6-7-9/h9-10H,2-8H2,1H3.